The predicted molar refractivity (Wildman–Crippen MR) is 39.1 cm³/mol. The van der Waals surface area contributed by atoms with Gasteiger partial charge in [0.25, 0.3) is 0 Å². The van der Waals surface area contributed by atoms with Gasteiger partial charge in [0.2, 0.25) is 0 Å². The van der Waals surface area contributed by atoms with Crippen LogP contribution >= 0.6 is 0 Å². The molecular formula is C7H14O4. The number of carbonyl (C=O) groups excluding carboxylic acids is 1. The number of ether oxygens (including phenoxy) is 2. The normalized spacial score (nSPS) is 13.5. The highest BCUT2D eigenvalue weighted by Crippen LogP contribution is 2.03. The van der Waals surface area contributed by atoms with Crippen molar-refractivity contribution in [3.63, 3.8) is 0 Å². The molecule has 0 fully saturated rings. The Bertz CT molecular complexity index is 120. The van der Waals surface area contributed by atoms with Crippen molar-refractivity contribution in [2.75, 3.05) is 14.2 Å². The molecule has 1 atom stereocenters. The van der Waals surface area contributed by atoms with Crippen LogP contribution in [-0.4, -0.2) is 37.5 Å². The van der Waals surface area contributed by atoms with Crippen LogP contribution in [0.2, 0.25) is 0 Å². The van der Waals surface area contributed by atoms with Crippen LogP contribution in [0, 0.1) is 0 Å². The van der Waals surface area contributed by atoms with E-state index in [4.69, 9.17) is 9.47 Å². The molecule has 0 aromatic rings. The second-order valence-electron chi connectivity index (χ2n) is 2.31. The number of hydrogen-bond donors (Lipinski definition) is 1. The molecule has 0 saturated heterocycles. The number of hydrogen-bond acceptors (Lipinski definition) is 4. The quantitative estimate of drug-likeness (QED) is 0.576. The fourth-order valence-corrected chi connectivity index (χ4v) is 0.801. The fourth-order valence-electron chi connectivity index (χ4n) is 0.801. The Morgan fingerprint density at radius 2 is 1.91 bits per heavy atom. The minimum absolute atomic E-state index is 0.0619. The molecule has 0 spiro atoms. The summed E-state index contributed by atoms with van der Waals surface area (Å²) in [5, 5.41) is 9.21. The predicted octanol–water partition coefficient (Wildman–Crippen LogP) is -0.0547. The van der Waals surface area contributed by atoms with Gasteiger partial charge in [0.1, 0.15) is 11.9 Å². The minimum Gasteiger partial charge on any atom is -0.387 e. The zero-order valence-electron chi connectivity index (χ0n) is 7.03. The van der Waals surface area contributed by atoms with Gasteiger partial charge in [-0.2, -0.15) is 0 Å². The van der Waals surface area contributed by atoms with Crippen LogP contribution in [-0.2, 0) is 14.3 Å². The second kappa shape index (κ2) is 5.23. The van der Waals surface area contributed by atoms with E-state index in [1.54, 1.807) is 0 Å². The molecule has 0 saturated carbocycles. The Morgan fingerprint density at radius 3 is 2.18 bits per heavy atom. The first-order valence-corrected chi connectivity index (χ1v) is 3.35. The second-order valence-corrected chi connectivity index (χ2v) is 2.31. The number of aliphatic hydroxyl groups is 1. The third kappa shape index (κ3) is 4.08. The van der Waals surface area contributed by atoms with Gasteiger partial charge in [0, 0.05) is 20.6 Å². The van der Waals surface area contributed by atoms with E-state index < -0.39 is 12.4 Å². The van der Waals surface area contributed by atoms with Crippen molar-refractivity contribution in [3.05, 3.63) is 0 Å². The highest BCUT2D eigenvalue weighted by atomic mass is 16.7. The number of rotatable bonds is 5. The molecule has 66 valence electrons. The molecule has 4 nitrogen and oxygen atoms in total. The van der Waals surface area contributed by atoms with E-state index >= 15 is 0 Å². The maximum Gasteiger partial charge on any atom is 0.183 e. The lowest BCUT2D eigenvalue weighted by Gasteiger charge is -2.18. The first-order chi connectivity index (χ1) is 5.11. The molecule has 0 radical (unpaired) electrons. The van der Waals surface area contributed by atoms with Crippen molar-refractivity contribution in [2.45, 2.75) is 25.7 Å². The molecule has 0 rings (SSSR count). The van der Waals surface area contributed by atoms with Crippen molar-refractivity contribution >= 4 is 5.78 Å². The van der Waals surface area contributed by atoms with Gasteiger partial charge in [-0.05, 0) is 6.92 Å². The molecule has 0 aromatic heterocycles. The van der Waals surface area contributed by atoms with E-state index in [0.29, 0.717) is 0 Å². The van der Waals surface area contributed by atoms with Crippen LogP contribution in [0.4, 0.5) is 0 Å². The lowest BCUT2D eigenvalue weighted by Crippen LogP contribution is -2.31. The maximum atomic E-state index is 10.5. The summed E-state index contributed by atoms with van der Waals surface area (Å²) in [6.45, 7) is 1.41. The molecule has 0 aliphatic heterocycles. The Balaban J connectivity index is 3.78. The molecule has 4 heteroatoms. The summed E-state index contributed by atoms with van der Waals surface area (Å²) in [6.07, 6.45) is -1.52. The smallest absolute Gasteiger partial charge is 0.183 e. The lowest BCUT2D eigenvalue weighted by molar-refractivity contribution is -0.168. The van der Waals surface area contributed by atoms with Gasteiger partial charge in [-0.3, -0.25) is 4.79 Å². The third-order valence-corrected chi connectivity index (χ3v) is 1.28. The molecule has 0 bridgehead atoms. The Labute approximate surface area is 66.1 Å². The standard InChI is InChI=1S/C7H14O4/c1-5(8)4-6(9)7(10-2)11-3/h6-7,9H,4H2,1-3H3/t6-/m1/s1. The van der Waals surface area contributed by atoms with Crippen molar-refractivity contribution in [1.82, 2.24) is 0 Å². The van der Waals surface area contributed by atoms with E-state index in [1.165, 1.54) is 21.1 Å². The zero-order valence-corrected chi connectivity index (χ0v) is 7.03. The van der Waals surface area contributed by atoms with E-state index in [-0.39, 0.29) is 12.2 Å². The highest BCUT2D eigenvalue weighted by Gasteiger charge is 2.18. The van der Waals surface area contributed by atoms with Crippen molar-refractivity contribution in [2.24, 2.45) is 0 Å². The first kappa shape index (κ1) is 10.6. The van der Waals surface area contributed by atoms with Gasteiger partial charge in [-0.15, -0.1) is 0 Å². The molecule has 11 heavy (non-hydrogen) atoms. The molecule has 1 N–H and O–H groups in total. The van der Waals surface area contributed by atoms with E-state index in [1.807, 2.05) is 0 Å². The summed E-state index contributed by atoms with van der Waals surface area (Å²) in [7, 11) is 2.83. The molecule has 0 aromatic carbocycles. The van der Waals surface area contributed by atoms with Gasteiger partial charge in [0.15, 0.2) is 6.29 Å². The summed E-state index contributed by atoms with van der Waals surface area (Å²) in [4.78, 5) is 10.5. The molecule has 0 amide bonds. The van der Waals surface area contributed by atoms with E-state index in [2.05, 4.69) is 0 Å². The van der Waals surface area contributed by atoms with Crippen LogP contribution < -0.4 is 0 Å². The molecule has 0 aliphatic carbocycles. The van der Waals surface area contributed by atoms with Gasteiger partial charge in [0.05, 0.1) is 0 Å². The molecular weight excluding hydrogens is 148 g/mol. The fraction of sp³-hybridized carbons (Fsp3) is 0.857. The van der Waals surface area contributed by atoms with Crippen LogP contribution in [0.1, 0.15) is 13.3 Å². The number of methoxy groups -OCH3 is 2. The summed E-state index contributed by atoms with van der Waals surface area (Å²) in [5.74, 6) is -0.0865. The Kier molecular flexibility index (Phi) is 5.02. The van der Waals surface area contributed by atoms with Gasteiger partial charge < -0.3 is 14.6 Å². The first-order valence-electron chi connectivity index (χ1n) is 3.35. The SMILES string of the molecule is COC(OC)[C@H](O)CC(C)=O. The van der Waals surface area contributed by atoms with Crippen LogP contribution in [0.25, 0.3) is 0 Å². The average molecular weight is 162 g/mol. The molecule has 0 heterocycles. The number of Topliss-reactive ketones (excluding diaryl/α,β-unsaturated/α-hetero) is 1. The number of aliphatic hydroxyl groups excluding tert-OH is 1. The van der Waals surface area contributed by atoms with Gasteiger partial charge in [-0.1, -0.05) is 0 Å². The number of carbonyl (C=O) groups is 1. The summed E-state index contributed by atoms with van der Waals surface area (Å²) in [6, 6.07) is 0. The van der Waals surface area contributed by atoms with E-state index in [9.17, 15) is 9.90 Å². The summed E-state index contributed by atoms with van der Waals surface area (Å²) in [5.41, 5.74) is 0. The van der Waals surface area contributed by atoms with Crippen LogP contribution in [0.3, 0.4) is 0 Å². The minimum atomic E-state index is -0.873. The summed E-state index contributed by atoms with van der Waals surface area (Å²) < 4.78 is 9.48. The Morgan fingerprint density at radius 1 is 1.45 bits per heavy atom. The van der Waals surface area contributed by atoms with E-state index in [0.717, 1.165) is 0 Å². The van der Waals surface area contributed by atoms with Crippen molar-refractivity contribution < 1.29 is 19.4 Å². The van der Waals surface area contributed by atoms with Crippen molar-refractivity contribution in [1.29, 1.82) is 0 Å². The third-order valence-electron chi connectivity index (χ3n) is 1.28. The topological polar surface area (TPSA) is 55.8 Å². The molecule has 0 unspecified atom stereocenters. The monoisotopic (exact) mass is 162 g/mol. The van der Waals surface area contributed by atoms with Gasteiger partial charge >= 0.3 is 0 Å². The largest absolute Gasteiger partial charge is 0.387 e. The Hall–Kier alpha value is -0.450. The van der Waals surface area contributed by atoms with Gasteiger partial charge in [-0.25, -0.2) is 0 Å². The number of ketones is 1. The highest BCUT2D eigenvalue weighted by molar-refractivity contribution is 5.75. The zero-order chi connectivity index (χ0) is 8.85. The molecule has 0 aliphatic rings. The average Bonchev–Trinajstić information content (AvgIpc) is 1.88. The van der Waals surface area contributed by atoms with Crippen LogP contribution in [0.15, 0.2) is 0 Å². The summed E-state index contributed by atoms with van der Waals surface area (Å²) >= 11 is 0. The van der Waals surface area contributed by atoms with Crippen molar-refractivity contribution in [3.8, 4) is 0 Å². The maximum absolute atomic E-state index is 10.5. The van der Waals surface area contributed by atoms with Crippen LogP contribution in [0.5, 0.6) is 0 Å². The lowest BCUT2D eigenvalue weighted by atomic mass is 10.2.